The van der Waals surface area contributed by atoms with Gasteiger partial charge >= 0.3 is 0 Å². The molecule has 0 fully saturated rings. The van der Waals surface area contributed by atoms with Crippen molar-refractivity contribution in [2.75, 3.05) is 5.32 Å². The van der Waals surface area contributed by atoms with Crippen LogP contribution in [0.25, 0.3) is 10.7 Å². The number of hydrogen-bond donors (Lipinski definition) is 2. The van der Waals surface area contributed by atoms with Crippen LogP contribution in [0.4, 0.5) is 5.82 Å². The lowest BCUT2D eigenvalue weighted by Gasteiger charge is -2.09. The summed E-state index contributed by atoms with van der Waals surface area (Å²) >= 11 is 8.62. The molecule has 1 amide bonds. The second-order valence-electron chi connectivity index (χ2n) is 4.55. The Morgan fingerprint density at radius 2 is 2.30 bits per heavy atom. The molecule has 0 bridgehead atoms. The van der Waals surface area contributed by atoms with Crippen molar-refractivity contribution in [2.45, 2.75) is 17.3 Å². The first kappa shape index (κ1) is 16.0. The highest BCUT2D eigenvalue weighted by Gasteiger charge is 2.18. The van der Waals surface area contributed by atoms with Crippen LogP contribution in [0.3, 0.4) is 0 Å². The van der Waals surface area contributed by atoms with Crippen molar-refractivity contribution < 1.29 is 4.79 Å². The number of pyridine rings is 1. The maximum atomic E-state index is 12.2. The number of carbonyl (C=O) groups is 1. The zero-order valence-electron chi connectivity index (χ0n) is 12.0. The molecule has 0 aromatic carbocycles. The summed E-state index contributed by atoms with van der Waals surface area (Å²) in [6, 6.07) is 7.23. The fourth-order valence-corrected chi connectivity index (χ4v) is 3.21. The summed E-state index contributed by atoms with van der Waals surface area (Å²) in [5, 5.41) is 12.4. The summed E-state index contributed by atoms with van der Waals surface area (Å²) in [7, 11) is 0. The van der Waals surface area contributed by atoms with Gasteiger partial charge in [0.1, 0.15) is 5.82 Å². The Bertz CT molecular complexity index is 788. The Balaban J connectivity index is 1.61. The molecule has 0 radical (unpaired) electrons. The van der Waals surface area contributed by atoms with Crippen molar-refractivity contribution in [1.29, 1.82) is 0 Å². The van der Waals surface area contributed by atoms with Gasteiger partial charge in [-0.2, -0.15) is 0 Å². The highest BCUT2D eigenvalue weighted by Crippen LogP contribution is 2.25. The van der Waals surface area contributed by atoms with E-state index in [0.717, 1.165) is 4.88 Å². The number of anilines is 1. The molecular weight excluding hydrogens is 354 g/mol. The molecule has 3 heterocycles. The second-order valence-corrected chi connectivity index (χ2v) is 7.25. The Morgan fingerprint density at radius 1 is 1.43 bits per heavy atom. The van der Waals surface area contributed by atoms with Crippen molar-refractivity contribution in [3.05, 3.63) is 40.9 Å². The van der Waals surface area contributed by atoms with Gasteiger partial charge in [-0.3, -0.25) is 9.89 Å². The maximum Gasteiger partial charge on any atom is 0.238 e. The zero-order chi connectivity index (χ0) is 16.2. The highest BCUT2D eigenvalue weighted by atomic mass is 35.5. The summed E-state index contributed by atoms with van der Waals surface area (Å²) in [6.07, 6.45) is 1.48. The van der Waals surface area contributed by atoms with Crippen LogP contribution in [-0.2, 0) is 4.79 Å². The third-order valence-electron chi connectivity index (χ3n) is 2.85. The van der Waals surface area contributed by atoms with Crippen molar-refractivity contribution >= 4 is 46.4 Å². The lowest BCUT2D eigenvalue weighted by Crippen LogP contribution is -2.23. The Hall–Kier alpha value is -1.90. The predicted octanol–water partition coefficient (Wildman–Crippen LogP) is 3.70. The summed E-state index contributed by atoms with van der Waals surface area (Å²) in [4.78, 5) is 21.6. The number of carbonyl (C=O) groups excluding carboxylic acids is 1. The lowest BCUT2D eigenvalue weighted by atomic mass is 10.4. The van der Waals surface area contributed by atoms with Crippen LogP contribution in [0.2, 0.25) is 5.02 Å². The number of rotatable bonds is 5. The molecule has 1 atom stereocenters. The van der Waals surface area contributed by atoms with Crippen molar-refractivity contribution in [1.82, 2.24) is 20.2 Å². The summed E-state index contributed by atoms with van der Waals surface area (Å²) in [5.74, 6) is 0.989. The first-order valence-electron chi connectivity index (χ1n) is 6.67. The van der Waals surface area contributed by atoms with Crippen LogP contribution >= 0.6 is 34.7 Å². The molecule has 23 heavy (non-hydrogen) atoms. The number of aromatic amines is 1. The number of aromatic nitrogens is 4. The number of halogens is 1. The van der Waals surface area contributed by atoms with Gasteiger partial charge in [0.25, 0.3) is 0 Å². The molecule has 0 aliphatic carbocycles. The van der Waals surface area contributed by atoms with E-state index in [0.29, 0.717) is 21.8 Å². The molecular formula is C14H12ClN5OS2. The molecule has 0 saturated heterocycles. The number of H-pyrrole nitrogens is 1. The van der Waals surface area contributed by atoms with Crippen LogP contribution in [0.5, 0.6) is 0 Å². The van der Waals surface area contributed by atoms with Crippen molar-refractivity contribution in [3.8, 4) is 10.7 Å². The zero-order valence-corrected chi connectivity index (χ0v) is 14.4. The molecule has 6 nitrogen and oxygen atoms in total. The van der Waals surface area contributed by atoms with Crippen LogP contribution in [0.15, 0.2) is 41.0 Å². The van der Waals surface area contributed by atoms with Crippen molar-refractivity contribution in [3.63, 3.8) is 0 Å². The van der Waals surface area contributed by atoms with Gasteiger partial charge < -0.3 is 5.32 Å². The number of amides is 1. The Kier molecular flexibility index (Phi) is 4.94. The van der Waals surface area contributed by atoms with Gasteiger partial charge in [-0.25, -0.2) is 9.97 Å². The number of nitrogens with zero attached hydrogens (tertiary/aromatic N) is 3. The third kappa shape index (κ3) is 4.10. The first-order chi connectivity index (χ1) is 11.1. The summed E-state index contributed by atoms with van der Waals surface area (Å²) in [6.45, 7) is 1.79. The van der Waals surface area contributed by atoms with E-state index in [2.05, 4.69) is 25.5 Å². The minimum atomic E-state index is -0.362. The SMILES string of the molecule is C[C@H](Sc1n[nH]c(-c2cccs2)n1)C(=O)Nc1ccc(Cl)cn1. The summed E-state index contributed by atoms with van der Waals surface area (Å²) < 4.78 is 0. The average Bonchev–Trinajstić information content (AvgIpc) is 3.20. The van der Waals surface area contributed by atoms with Crippen molar-refractivity contribution in [2.24, 2.45) is 0 Å². The number of thioether (sulfide) groups is 1. The van der Waals surface area contributed by atoms with Gasteiger partial charge in [-0.05, 0) is 30.5 Å². The molecule has 3 rings (SSSR count). The molecule has 3 aromatic heterocycles. The molecule has 0 saturated carbocycles. The van der Waals surface area contributed by atoms with E-state index in [1.54, 1.807) is 30.4 Å². The first-order valence-corrected chi connectivity index (χ1v) is 8.81. The fourth-order valence-electron chi connectivity index (χ4n) is 1.71. The van der Waals surface area contributed by atoms with Crippen LogP contribution in [0, 0.1) is 0 Å². The van der Waals surface area contributed by atoms with Gasteiger partial charge in [0.15, 0.2) is 5.82 Å². The molecule has 0 aliphatic heterocycles. The maximum absolute atomic E-state index is 12.2. The number of hydrogen-bond acceptors (Lipinski definition) is 6. The van der Waals surface area contributed by atoms with E-state index in [9.17, 15) is 4.79 Å². The van der Waals surface area contributed by atoms with Gasteiger partial charge in [-0.1, -0.05) is 29.4 Å². The molecule has 118 valence electrons. The van der Waals surface area contributed by atoms with E-state index in [1.807, 2.05) is 17.5 Å². The van der Waals surface area contributed by atoms with Gasteiger partial charge in [0, 0.05) is 6.20 Å². The third-order valence-corrected chi connectivity index (χ3v) is 4.91. The number of thiophene rings is 1. The van der Waals surface area contributed by atoms with Crippen LogP contribution < -0.4 is 5.32 Å². The molecule has 2 N–H and O–H groups in total. The average molecular weight is 366 g/mol. The molecule has 3 aromatic rings. The second kappa shape index (κ2) is 7.12. The predicted molar refractivity (Wildman–Crippen MR) is 92.9 cm³/mol. The van der Waals surface area contributed by atoms with Gasteiger partial charge in [-0.15, -0.1) is 16.4 Å². The van der Waals surface area contributed by atoms with Gasteiger partial charge in [0.2, 0.25) is 11.1 Å². The Morgan fingerprint density at radius 3 is 3.00 bits per heavy atom. The largest absolute Gasteiger partial charge is 0.310 e. The minimum absolute atomic E-state index is 0.174. The monoisotopic (exact) mass is 365 g/mol. The highest BCUT2D eigenvalue weighted by molar-refractivity contribution is 8.00. The fraction of sp³-hybridized carbons (Fsp3) is 0.143. The normalized spacial score (nSPS) is 12.1. The quantitative estimate of drug-likeness (QED) is 0.673. The van der Waals surface area contributed by atoms with Gasteiger partial charge in [0.05, 0.1) is 15.1 Å². The molecule has 9 heteroatoms. The topological polar surface area (TPSA) is 83.6 Å². The molecule has 0 aliphatic rings. The van der Waals surface area contributed by atoms with E-state index >= 15 is 0 Å². The molecule has 0 unspecified atom stereocenters. The standard InChI is InChI=1S/C14H12ClN5OS2/c1-8(13(21)17-11-5-4-9(15)7-16-11)23-14-18-12(19-20-14)10-3-2-6-22-10/h2-8H,1H3,(H,16,17,21)(H,18,19,20)/t8-/m0/s1. The van der Waals surface area contributed by atoms with E-state index in [1.165, 1.54) is 18.0 Å². The van der Waals surface area contributed by atoms with Crippen LogP contribution in [-0.4, -0.2) is 31.3 Å². The number of nitrogens with one attached hydrogen (secondary N) is 2. The lowest BCUT2D eigenvalue weighted by molar-refractivity contribution is -0.115. The Labute approximate surface area is 145 Å². The molecule has 0 spiro atoms. The van der Waals surface area contributed by atoms with E-state index < -0.39 is 0 Å². The van der Waals surface area contributed by atoms with Crippen LogP contribution in [0.1, 0.15) is 6.92 Å². The summed E-state index contributed by atoms with van der Waals surface area (Å²) in [5.41, 5.74) is 0. The minimum Gasteiger partial charge on any atom is -0.310 e. The smallest absolute Gasteiger partial charge is 0.238 e. The van der Waals surface area contributed by atoms with E-state index in [-0.39, 0.29) is 11.2 Å². The van der Waals surface area contributed by atoms with E-state index in [4.69, 9.17) is 11.6 Å².